The van der Waals surface area contributed by atoms with Gasteiger partial charge in [-0.25, -0.2) is 9.78 Å². The number of carbonyl (C=O) groups excluding carboxylic acids is 3. The van der Waals surface area contributed by atoms with Crippen LogP contribution < -0.4 is 14.4 Å². The molecule has 39 heavy (non-hydrogen) atoms. The van der Waals surface area contributed by atoms with Gasteiger partial charge in [0.15, 0.2) is 5.13 Å². The highest BCUT2D eigenvalue weighted by Crippen LogP contribution is 2.45. The highest BCUT2D eigenvalue weighted by Gasteiger charge is 2.48. The van der Waals surface area contributed by atoms with Crippen molar-refractivity contribution < 1.29 is 33.7 Å². The van der Waals surface area contributed by atoms with Gasteiger partial charge in [0.1, 0.15) is 34.8 Å². The van der Waals surface area contributed by atoms with Crippen molar-refractivity contribution in [1.82, 2.24) is 4.98 Å². The van der Waals surface area contributed by atoms with Crippen LogP contribution in [0, 0.1) is 6.92 Å². The topological polar surface area (TPSA) is 115 Å². The number of aryl methyl sites for hydroxylation is 1. The third-order valence-electron chi connectivity index (χ3n) is 6.52. The Hall–Kier alpha value is -4.44. The molecule has 0 aliphatic carbocycles. The van der Waals surface area contributed by atoms with Crippen molar-refractivity contribution in [2.75, 3.05) is 18.6 Å². The van der Waals surface area contributed by atoms with Gasteiger partial charge in [0.2, 0.25) is 0 Å². The summed E-state index contributed by atoms with van der Waals surface area (Å²) in [4.78, 5) is 45.1. The summed E-state index contributed by atoms with van der Waals surface area (Å²) in [6.07, 6.45) is 2.26. The number of hydrogen-bond donors (Lipinski definition) is 1. The molecule has 1 N–H and O–H groups in total. The molecule has 2 aromatic carbocycles. The van der Waals surface area contributed by atoms with Gasteiger partial charge in [-0.05, 0) is 55.3 Å². The standard InChI is InChI=1S/C29H26N2O7S/c1-5-11-37-20-8-6-7-17(14-20)23-22(24(32)18-9-10-21-19(13-18)12-15(2)38-21)25(33)27(34)31(23)29-30-16(3)26(39-29)28(35)36-4/h5-10,13-15,23,32H,1,11-12H2,2-4H3/b24-22+/t15-,23+/m1/s1. The Morgan fingerprint density at radius 1 is 1.28 bits per heavy atom. The average molecular weight is 547 g/mol. The van der Waals surface area contributed by atoms with Crippen LogP contribution in [0.5, 0.6) is 11.5 Å². The highest BCUT2D eigenvalue weighted by molar-refractivity contribution is 7.17. The Morgan fingerprint density at radius 3 is 2.82 bits per heavy atom. The van der Waals surface area contributed by atoms with Crippen molar-refractivity contribution in [2.45, 2.75) is 32.4 Å². The summed E-state index contributed by atoms with van der Waals surface area (Å²) < 4.78 is 16.3. The Labute approximate surface area is 229 Å². The number of aliphatic hydroxyl groups excluding tert-OH is 1. The lowest BCUT2D eigenvalue weighted by molar-refractivity contribution is -0.132. The maximum Gasteiger partial charge on any atom is 0.350 e. The molecule has 5 rings (SSSR count). The number of hydrogen-bond acceptors (Lipinski definition) is 9. The Bertz CT molecular complexity index is 1540. The first-order valence-corrected chi connectivity index (χ1v) is 13.1. The Morgan fingerprint density at radius 2 is 2.08 bits per heavy atom. The molecule has 1 saturated heterocycles. The fourth-order valence-electron chi connectivity index (χ4n) is 4.77. The van der Waals surface area contributed by atoms with E-state index in [9.17, 15) is 19.5 Å². The van der Waals surface area contributed by atoms with Crippen LogP contribution >= 0.6 is 11.3 Å². The van der Waals surface area contributed by atoms with E-state index in [0.717, 1.165) is 22.6 Å². The Kier molecular flexibility index (Phi) is 6.96. The molecule has 0 bridgehead atoms. The van der Waals surface area contributed by atoms with Gasteiger partial charge >= 0.3 is 11.9 Å². The molecule has 9 nitrogen and oxygen atoms in total. The number of nitrogens with zero attached hydrogens (tertiary/aromatic N) is 2. The molecule has 1 amide bonds. The fourth-order valence-corrected chi connectivity index (χ4v) is 5.78. The predicted octanol–water partition coefficient (Wildman–Crippen LogP) is 4.75. The molecular weight excluding hydrogens is 520 g/mol. The van der Waals surface area contributed by atoms with Gasteiger partial charge in [0.05, 0.1) is 24.4 Å². The molecule has 3 heterocycles. The zero-order chi connectivity index (χ0) is 27.8. The largest absolute Gasteiger partial charge is 0.507 e. The normalized spacial score (nSPS) is 19.5. The molecular formula is C29H26N2O7S. The van der Waals surface area contributed by atoms with Crippen molar-refractivity contribution in [3.05, 3.63) is 88.0 Å². The van der Waals surface area contributed by atoms with Crippen LogP contribution in [-0.2, 0) is 20.7 Å². The van der Waals surface area contributed by atoms with E-state index in [-0.39, 0.29) is 34.1 Å². The summed E-state index contributed by atoms with van der Waals surface area (Å²) in [7, 11) is 1.25. The van der Waals surface area contributed by atoms with Crippen molar-refractivity contribution in [2.24, 2.45) is 0 Å². The van der Waals surface area contributed by atoms with Crippen LogP contribution in [0.3, 0.4) is 0 Å². The SMILES string of the molecule is C=CCOc1cccc([C@H]2/C(=C(\O)c3ccc4c(c3)C[C@@H](C)O4)C(=O)C(=O)N2c2nc(C)c(C(=O)OC)s2)c1. The van der Waals surface area contributed by atoms with E-state index in [1.165, 1.54) is 12.0 Å². The number of Topliss-reactive ketones (excluding diaryl/α,β-unsaturated/α-hetero) is 1. The van der Waals surface area contributed by atoms with Crippen molar-refractivity contribution in [3.8, 4) is 11.5 Å². The van der Waals surface area contributed by atoms with Crippen LogP contribution in [0.2, 0.25) is 0 Å². The minimum Gasteiger partial charge on any atom is -0.507 e. The average Bonchev–Trinajstić information content (AvgIpc) is 3.58. The maximum atomic E-state index is 13.5. The monoisotopic (exact) mass is 546 g/mol. The van der Waals surface area contributed by atoms with Gasteiger partial charge in [0, 0.05) is 12.0 Å². The number of aliphatic hydroxyl groups is 1. The summed E-state index contributed by atoms with van der Waals surface area (Å²) in [6.45, 7) is 7.49. The van der Waals surface area contributed by atoms with E-state index < -0.39 is 23.7 Å². The van der Waals surface area contributed by atoms with Crippen LogP contribution in [-0.4, -0.2) is 47.6 Å². The first-order chi connectivity index (χ1) is 18.7. The van der Waals surface area contributed by atoms with E-state index in [1.807, 2.05) is 6.92 Å². The number of ketones is 1. The number of aromatic nitrogens is 1. The van der Waals surface area contributed by atoms with Crippen LogP contribution in [0.1, 0.15) is 45.0 Å². The van der Waals surface area contributed by atoms with Gasteiger partial charge in [-0.1, -0.05) is 36.1 Å². The summed E-state index contributed by atoms with van der Waals surface area (Å²) in [5.74, 6) is -1.44. The highest BCUT2D eigenvalue weighted by atomic mass is 32.1. The fraction of sp³-hybridized carbons (Fsp3) is 0.241. The number of methoxy groups -OCH3 is 1. The van der Waals surface area contributed by atoms with Crippen molar-refractivity contribution >= 4 is 39.9 Å². The van der Waals surface area contributed by atoms with Crippen molar-refractivity contribution in [3.63, 3.8) is 0 Å². The molecule has 2 aliphatic rings. The second kappa shape index (κ2) is 10.4. The van der Waals surface area contributed by atoms with Crippen LogP contribution in [0.4, 0.5) is 5.13 Å². The number of esters is 1. The van der Waals surface area contributed by atoms with Gasteiger partial charge in [-0.2, -0.15) is 0 Å². The summed E-state index contributed by atoms with van der Waals surface area (Å²) in [5, 5.41) is 11.6. The van der Waals surface area contributed by atoms with E-state index in [0.29, 0.717) is 29.0 Å². The molecule has 2 atom stereocenters. The quantitative estimate of drug-likeness (QED) is 0.148. The molecule has 3 aromatic rings. The predicted molar refractivity (Wildman–Crippen MR) is 145 cm³/mol. The molecule has 10 heteroatoms. The summed E-state index contributed by atoms with van der Waals surface area (Å²) in [6, 6.07) is 11.0. The number of rotatable bonds is 7. The number of ether oxygens (including phenoxy) is 3. The van der Waals surface area contributed by atoms with Gasteiger partial charge in [-0.15, -0.1) is 0 Å². The second-order valence-corrected chi connectivity index (χ2v) is 10.2. The first-order valence-electron chi connectivity index (χ1n) is 12.2. The number of thiazole rings is 1. The zero-order valence-electron chi connectivity index (χ0n) is 21.6. The van der Waals surface area contributed by atoms with Crippen molar-refractivity contribution in [1.29, 1.82) is 0 Å². The van der Waals surface area contributed by atoms with E-state index >= 15 is 0 Å². The molecule has 0 saturated carbocycles. The summed E-state index contributed by atoms with van der Waals surface area (Å²) in [5.41, 5.74) is 2.07. The molecule has 0 unspecified atom stereocenters. The molecule has 0 radical (unpaired) electrons. The van der Waals surface area contributed by atoms with E-state index in [4.69, 9.17) is 14.2 Å². The van der Waals surface area contributed by atoms with Gasteiger partial charge in [0.25, 0.3) is 5.78 Å². The minimum atomic E-state index is -1.03. The van der Waals surface area contributed by atoms with E-state index in [1.54, 1.807) is 55.5 Å². The second-order valence-electron chi connectivity index (χ2n) is 9.20. The van der Waals surface area contributed by atoms with Gasteiger partial charge in [-0.3, -0.25) is 14.5 Å². The molecule has 0 spiro atoms. The van der Waals surface area contributed by atoms with E-state index in [2.05, 4.69) is 11.6 Å². The third kappa shape index (κ3) is 4.67. The Balaban J connectivity index is 1.68. The number of fused-ring (bicyclic) bond motifs is 1. The zero-order valence-corrected chi connectivity index (χ0v) is 22.4. The minimum absolute atomic E-state index is 0.00145. The number of benzene rings is 2. The molecule has 200 valence electrons. The van der Waals surface area contributed by atoms with Crippen LogP contribution in [0.25, 0.3) is 5.76 Å². The lowest BCUT2D eigenvalue weighted by Gasteiger charge is -2.23. The lowest BCUT2D eigenvalue weighted by atomic mass is 9.94. The number of anilines is 1. The molecule has 1 fully saturated rings. The molecule has 1 aromatic heterocycles. The number of amides is 1. The smallest absolute Gasteiger partial charge is 0.350 e. The molecule has 2 aliphatic heterocycles. The lowest BCUT2D eigenvalue weighted by Crippen LogP contribution is -2.29. The maximum absolute atomic E-state index is 13.5. The number of carbonyl (C=O) groups is 3. The van der Waals surface area contributed by atoms with Crippen LogP contribution in [0.15, 0.2) is 60.7 Å². The third-order valence-corrected chi connectivity index (χ3v) is 7.65. The summed E-state index contributed by atoms with van der Waals surface area (Å²) >= 11 is 0.940. The van der Waals surface area contributed by atoms with Gasteiger partial charge < -0.3 is 19.3 Å². The first kappa shape index (κ1) is 26.2.